The summed E-state index contributed by atoms with van der Waals surface area (Å²) in [5.41, 5.74) is 0.0422. The number of nitrogens with one attached hydrogen (secondary N) is 1. The Morgan fingerprint density at radius 3 is 2.54 bits per heavy atom. The van der Waals surface area contributed by atoms with Gasteiger partial charge in [-0.3, -0.25) is 9.69 Å². The minimum Gasteiger partial charge on any atom is -0.480 e. The Morgan fingerprint density at radius 2 is 1.96 bits per heavy atom. The van der Waals surface area contributed by atoms with E-state index in [0.29, 0.717) is 6.54 Å². The number of aliphatic carboxylic acids is 1. The second-order valence-corrected chi connectivity index (χ2v) is 7.78. The molecule has 0 radical (unpaired) electrons. The van der Waals surface area contributed by atoms with E-state index < -0.39 is 5.97 Å². The number of likely N-dealkylation sites (N-methyl/N-ethyl adjacent to an activating group) is 1. The van der Waals surface area contributed by atoms with Gasteiger partial charge in [-0.15, -0.1) is 0 Å². The van der Waals surface area contributed by atoms with Crippen LogP contribution in [0.4, 0.5) is 4.79 Å². The number of carbonyl (C=O) groups is 2. The molecule has 1 aliphatic carbocycles. The van der Waals surface area contributed by atoms with E-state index >= 15 is 0 Å². The van der Waals surface area contributed by atoms with Crippen molar-refractivity contribution in [1.29, 1.82) is 0 Å². The molecule has 0 spiro atoms. The molecular weight excluding hydrogens is 334 g/mol. The highest BCUT2D eigenvalue weighted by molar-refractivity contribution is 5.75. The lowest BCUT2D eigenvalue weighted by molar-refractivity contribution is -0.138. The lowest BCUT2D eigenvalue weighted by atomic mass is 9.58. The lowest BCUT2D eigenvalue weighted by Gasteiger charge is -2.55. The second kappa shape index (κ2) is 9.04. The first-order valence-corrected chi connectivity index (χ1v) is 9.88. The van der Waals surface area contributed by atoms with Crippen LogP contribution in [-0.2, 0) is 9.53 Å². The predicted molar refractivity (Wildman–Crippen MR) is 100 cm³/mol. The first-order valence-electron chi connectivity index (χ1n) is 9.88. The summed E-state index contributed by atoms with van der Waals surface area (Å²) in [6.07, 6.45) is 5.73. The maximum Gasteiger partial charge on any atom is 0.317 e. The summed E-state index contributed by atoms with van der Waals surface area (Å²) in [6, 6.07) is 0.400. The molecular formula is C19H35N3O4. The number of rotatable bonds is 7. The Labute approximate surface area is 157 Å². The number of hydrogen-bond donors (Lipinski definition) is 2. The van der Waals surface area contributed by atoms with Crippen LogP contribution in [0.25, 0.3) is 0 Å². The summed E-state index contributed by atoms with van der Waals surface area (Å²) in [5, 5.41) is 12.2. The molecule has 3 atom stereocenters. The smallest absolute Gasteiger partial charge is 0.317 e. The van der Waals surface area contributed by atoms with Crippen LogP contribution in [0.1, 0.15) is 52.4 Å². The predicted octanol–water partition coefficient (Wildman–Crippen LogP) is 2.16. The second-order valence-electron chi connectivity index (χ2n) is 7.78. The van der Waals surface area contributed by atoms with E-state index in [1.54, 1.807) is 7.11 Å². The molecule has 7 heteroatoms. The summed E-state index contributed by atoms with van der Waals surface area (Å²) in [5.74, 6) is -0.806. The maximum absolute atomic E-state index is 12.8. The van der Waals surface area contributed by atoms with Crippen molar-refractivity contribution >= 4 is 12.0 Å². The number of methoxy groups -OCH3 is 1. The van der Waals surface area contributed by atoms with Crippen molar-refractivity contribution in [3.8, 4) is 0 Å². The molecule has 0 bridgehead atoms. The first kappa shape index (κ1) is 21.0. The number of hydrogen-bond acceptors (Lipinski definition) is 4. The number of ether oxygens (including phenoxy) is 1. The zero-order chi connectivity index (χ0) is 19.3. The average molecular weight is 370 g/mol. The number of carboxylic acid groups (broad SMARTS) is 1. The van der Waals surface area contributed by atoms with E-state index in [-0.39, 0.29) is 36.2 Å². The normalized spacial score (nSPS) is 28.3. The van der Waals surface area contributed by atoms with E-state index in [0.717, 1.165) is 45.1 Å². The molecule has 2 amide bonds. The van der Waals surface area contributed by atoms with Crippen LogP contribution < -0.4 is 5.32 Å². The van der Waals surface area contributed by atoms with E-state index in [9.17, 15) is 9.59 Å². The Hall–Kier alpha value is -1.34. The summed E-state index contributed by atoms with van der Waals surface area (Å²) in [7, 11) is 3.61. The minimum atomic E-state index is -0.806. The number of carboxylic acids is 1. The third kappa shape index (κ3) is 4.31. The third-order valence-electron chi connectivity index (χ3n) is 6.68. The number of likely N-dealkylation sites (tertiary alicyclic amines) is 1. The van der Waals surface area contributed by atoms with Crippen molar-refractivity contribution in [3.05, 3.63) is 0 Å². The van der Waals surface area contributed by atoms with Crippen LogP contribution in [0.2, 0.25) is 0 Å². The number of carbonyl (C=O) groups excluding carboxylic acids is 1. The molecule has 150 valence electrons. The average Bonchev–Trinajstić information content (AvgIpc) is 2.85. The van der Waals surface area contributed by atoms with Gasteiger partial charge in [0.1, 0.15) is 0 Å². The molecule has 2 aliphatic rings. The lowest BCUT2D eigenvalue weighted by Crippen LogP contribution is -2.65. The van der Waals surface area contributed by atoms with Gasteiger partial charge < -0.3 is 20.1 Å². The largest absolute Gasteiger partial charge is 0.480 e. The molecule has 1 aliphatic heterocycles. The zero-order valence-electron chi connectivity index (χ0n) is 16.7. The van der Waals surface area contributed by atoms with Gasteiger partial charge in [-0.2, -0.15) is 0 Å². The molecule has 2 rings (SSSR count). The zero-order valence-corrected chi connectivity index (χ0v) is 16.7. The topological polar surface area (TPSA) is 82.1 Å². The molecule has 1 saturated carbocycles. The van der Waals surface area contributed by atoms with Crippen LogP contribution in [0.5, 0.6) is 0 Å². The van der Waals surface area contributed by atoms with Gasteiger partial charge in [-0.05, 0) is 45.6 Å². The fourth-order valence-electron chi connectivity index (χ4n) is 4.78. The SMILES string of the molecule is CCC1(CC)C(NC(=O)N2CCCC(N(C)CC(=O)O)CC2)CC1OC. The Balaban J connectivity index is 1.89. The highest BCUT2D eigenvalue weighted by Gasteiger charge is 2.53. The summed E-state index contributed by atoms with van der Waals surface area (Å²) >= 11 is 0. The monoisotopic (exact) mass is 369 g/mol. The van der Waals surface area contributed by atoms with Crippen LogP contribution in [0, 0.1) is 5.41 Å². The molecule has 2 N–H and O–H groups in total. The van der Waals surface area contributed by atoms with E-state index in [4.69, 9.17) is 9.84 Å². The molecule has 2 fully saturated rings. The van der Waals surface area contributed by atoms with E-state index in [2.05, 4.69) is 19.2 Å². The van der Waals surface area contributed by atoms with Gasteiger partial charge in [0, 0.05) is 37.7 Å². The van der Waals surface area contributed by atoms with Gasteiger partial charge in [0.05, 0.1) is 12.6 Å². The highest BCUT2D eigenvalue weighted by Crippen LogP contribution is 2.48. The molecule has 3 unspecified atom stereocenters. The van der Waals surface area contributed by atoms with Crippen LogP contribution >= 0.6 is 0 Å². The standard InChI is InChI=1S/C19H35N3O4/c1-5-19(6-2)15(12-16(19)26-4)20-18(25)22-10-7-8-14(9-11-22)21(3)13-17(23)24/h14-16H,5-13H2,1-4H3,(H,20,25)(H,23,24). The number of amides is 2. The van der Waals surface area contributed by atoms with Gasteiger partial charge in [-0.25, -0.2) is 4.79 Å². The van der Waals surface area contributed by atoms with Gasteiger partial charge >= 0.3 is 12.0 Å². The van der Waals surface area contributed by atoms with Gasteiger partial charge in [0.15, 0.2) is 0 Å². The molecule has 26 heavy (non-hydrogen) atoms. The van der Waals surface area contributed by atoms with Gasteiger partial charge in [-0.1, -0.05) is 13.8 Å². The fraction of sp³-hybridized carbons (Fsp3) is 0.895. The molecule has 7 nitrogen and oxygen atoms in total. The van der Waals surface area contributed by atoms with Gasteiger partial charge in [0.2, 0.25) is 0 Å². The van der Waals surface area contributed by atoms with Crippen molar-refractivity contribution in [1.82, 2.24) is 15.1 Å². The molecule has 0 aromatic rings. The highest BCUT2D eigenvalue weighted by atomic mass is 16.5. The summed E-state index contributed by atoms with van der Waals surface area (Å²) in [4.78, 5) is 27.5. The van der Waals surface area contributed by atoms with Crippen LogP contribution in [0.15, 0.2) is 0 Å². The van der Waals surface area contributed by atoms with Crippen LogP contribution in [0.3, 0.4) is 0 Å². The maximum atomic E-state index is 12.8. The molecule has 1 saturated heterocycles. The molecule has 0 aromatic carbocycles. The number of urea groups is 1. The third-order valence-corrected chi connectivity index (χ3v) is 6.68. The quantitative estimate of drug-likeness (QED) is 0.719. The Morgan fingerprint density at radius 1 is 1.27 bits per heavy atom. The van der Waals surface area contributed by atoms with E-state index in [1.165, 1.54) is 0 Å². The number of nitrogens with zero attached hydrogens (tertiary/aromatic N) is 2. The van der Waals surface area contributed by atoms with Crippen molar-refractivity contribution in [2.75, 3.05) is 33.8 Å². The fourth-order valence-corrected chi connectivity index (χ4v) is 4.78. The molecule has 1 heterocycles. The Kier molecular flexibility index (Phi) is 7.29. The summed E-state index contributed by atoms with van der Waals surface area (Å²) < 4.78 is 5.61. The van der Waals surface area contributed by atoms with Crippen molar-refractivity contribution in [2.24, 2.45) is 5.41 Å². The minimum absolute atomic E-state index is 0.0114. The van der Waals surface area contributed by atoms with E-state index in [1.807, 2.05) is 16.8 Å². The first-order chi connectivity index (χ1) is 12.4. The molecule has 0 aromatic heterocycles. The summed E-state index contributed by atoms with van der Waals surface area (Å²) in [6.45, 7) is 5.79. The van der Waals surface area contributed by atoms with Gasteiger partial charge in [0.25, 0.3) is 0 Å². The van der Waals surface area contributed by atoms with Crippen molar-refractivity contribution in [3.63, 3.8) is 0 Å². The van der Waals surface area contributed by atoms with Crippen molar-refractivity contribution < 1.29 is 19.4 Å². The van der Waals surface area contributed by atoms with Crippen LogP contribution in [-0.4, -0.2) is 78.9 Å². The Bertz CT molecular complexity index is 495. The van der Waals surface area contributed by atoms with Crippen molar-refractivity contribution in [2.45, 2.75) is 70.6 Å².